The molecule has 10 nitrogen and oxygen atoms in total. The van der Waals surface area contributed by atoms with Crippen LogP contribution in [0, 0.1) is 5.92 Å². The summed E-state index contributed by atoms with van der Waals surface area (Å²) in [7, 11) is -4.02. The molecule has 43 heavy (non-hydrogen) atoms. The van der Waals surface area contributed by atoms with Gasteiger partial charge in [-0.2, -0.15) is 4.31 Å². The maximum atomic E-state index is 14.0. The van der Waals surface area contributed by atoms with Crippen molar-refractivity contribution in [2.75, 3.05) is 36.0 Å². The molecule has 4 fully saturated rings. The Hall–Kier alpha value is -3.32. The molecule has 2 aromatic heterocycles. The number of fused-ring (bicyclic) bond motifs is 2. The summed E-state index contributed by atoms with van der Waals surface area (Å²) < 4.78 is 34.8. The average molecular weight is 623 g/mol. The van der Waals surface area contributed by atoms with E-state index in [0.717, 1.165) is 72.7 Å². The van der Waals surface area contributed by atoms with E-state index in [1.165, 1.54) is 10.5 Å². The second kappa shape index (κ2) is 11.3. The average Bonchev–Trinajstić information content (AvgIpc) is 3.78. The van der Waals surface area contributed by atoms with E-state index in [2.05, 4.69) is 9.88 Å². The minimum absolute atomic E-state index is 0.0497. The number of sulfonamides is 1. The van der Waals surface area contributed by atoms with Gasteiger partial charge in [0.2, 0.25) is 15.9 Å². The summed E-state index contributed by atoms with van der Waals surface area (Å²) in [5.74, 6) is -0.728. The topological polar surface area (TPSA) is 120 Å². The molecule has 2 bridgehead atoms. The number of piperazine rings is 1. The van der Waals surface area contributed by atoms with Gasteiger partial charge in [-0.3, -0.25) is 4.79 Å². The normalized spacial score (nSPS) is 25.0. The third-order valence-electron chi connectivity index (χ3n) is 9.27. The smallest absolute Gasteiger partial charge is 0.348 e. The standard InChI is InChI=1S/C31H34N4O6S2/c36-29-18-33(43(39,40)24-11-12-28(32-15-24)34-16-23-13-22(34)19-41-23)17-26(20-7-3-1-4-8-20)35(29)25-14-27(42-30(25)31(37)38)21-9-5-2-6-10-21/h2,5-6,9-12,14-15,20,22-23,26H,1,3-4,7-8,13,16-19H2,(H,37,38). The number of carboxylic acid groups (broad SMARTS) is 1. The molecule has 1 aromatic carbocycles. The Morgan fingerprint density at radius 3 is 2.49 bits per heavy atom. The highest BCUT2D eigenvalue weighted by Gasteiger charge is 2.45. The van der Waals surface area contributed by atoms with Crippen LogP contribution in [-0.2, 0) is 19.6 Å². The van der Waals surface area contributed by atoms with E-state index in [0.29, 0.717) is 12.3 Å². The summed E-state index contributed by atoms with van der Waals surface area (Å²) in [6, 6.07) is 14.4. The van der Waals surface area contributed by atoms with Gasteiger partial charge in [-0.1, -0.05) is 49.6 Å². The molecule has 4 aliphatic rings. The van der Waals surface area contributed by atoms with Crippen molar-refractivity contribution >= 4 is 44.7 Å². The number of anilines is 2. The van der Waals surface area contributed by atoms with E-state index in [1.807, 2.05) is 30.3 Å². The number of aromatic nitrogens is 1. The zero-order chi connectivity index (χ0) is 29.7. The summed E-state index contributed by atoms with van der Waals surface area (Å²) in [5.41, 5.74) is 1.22. The molecule has 0 radical (unpaired) electrons. The first-order valence-electron chi connectivity index (χ1n) is 14.9. The lowest BCUT2D eigenvalue weighted by atomic mass is 9.82. The first-order chi connectivity index (χ1) is 20.8. The molecular formula is C31H34N4O6S2. The summed E-state index contributed by atoms with van der Waals surface area (Å²) in [6.45, 7) is 1.14. The molecule has 1 aliphatic carbocycles. The second-order valence-corrected chi connectivity index (χ2v) is 14.9. The van der Waals surface area contributed by atoms with Crippen LogP contribution in [0.2, 0.25) is 0 Å². The van der Waals surface area contributed by atoms with Crippen LogP contribution in [0.1, 0.15) is 48.2 Å². The van der Waals surface area contributed by atoms with Crippen LogP contribution in [0.4, 0.5) is 11.5 Å². The summed E-state index contributed by atoms with van der Waals surface area (Å²) in [4.78, 5) is 35.5. The van der Waals surface area contributed by atoms with Crippen molar-refractivity contribution in [2.24, 2.45) is 5.92 Å². The lowest BCUT2D eigenvalue weighted by Crippen LogP contribution is -2.60. The lowest BCUT2D eigenvalue weighted by molar-refractivity contribution is -0.121. The van der Waals surface area contributed by atoms with E-state index in [-0.39, 0.29) is 40.9 Å². The van der Waals surface area contributed by atoms with Crippen LogP contribution >= 0.6 is 11.3 Å². The Bertz CT molecular complexity index is 1620. The van der Waals surface area contributed by atoms with Gasteiger partial charge >= 0.3 is 5.97 Å². The van der Waals surface area contributed by atoms with Crippen molar-refractivity contribution < 1.29 is 27.9 Å². The number of aromatic carboxylic acids is 1. The number of pyridine rings is 1. The number of ether oxygens (including phenoxy) is 1. The van der Waals surface area contributed by atoms with Crippen LogP contribution in [0.3, 0.4) is 0 Å². The molecule has 226 valence electrons. The Labute approximate surface area is 254 Å². The minimum atomic E-state index is -4.02. The second-order valence-electron chi connectivity index (χ2n) is 11.9. The zero-order valence-corrected chi connectivity index (χ0v) is 25.3. The van der Waals surface area contributed by atoms with E-state index in [4.69, 9.17) is 4.74 Å². The minimum Gasteiger partial charge on any atom is -0.477 e. The van der Waals surface area contributed by atoms with Crippen LogP contribution in [0.25, 0.3) is 10.4 Å². The molecule has 3 aromatic rings. The molecule has 7 rings (SSSR count). The Balaban J connectivity index is 1.20. The maximum absolute atomic E-state index is 14.0. The number of carbonyl (C=O) groups is 2. The number of benzene rings is 1. The Kier molecular flexibility index (Phi) is 7.48. The number of hydrogen-bond acceptors (Lipinski definition) is 8. The first-order valence-corrected chi connectivity index (χ1v) is 17.1. The Morgan fingerprint density at radius 2 is 1.84 bits per heavy atom. The van der Waals surface area contributed by atoms with Crippen molar-refractivity contribution in [1.29, 1.82) is 0 Å². The van der Waals surface area contributed by atoms with Gasteiger partial charge in [0, 0.05) is 24.2 Å². The highest BCUT2D eigenvalue weighted by Crippen LogP contribution is 2.42. The number of nitrogens with zero attached hydrogens (tertiary/aromatic N) is 4. The zero-order valence-electron chi connectivity index (χ0n) is 23.7. The molecule has 1 N–H and O–H groups in total. The monoisotopic (exact) mass is 622 g/mol. The fraction of sp³-hybridized carbons (Fsp3) is 0.452. The summed E-state index contributed by atoms with van der Waals surface area (Å²) >= 11 is 1.14. The van der Waals surface area contributed by atoms with E-state index in [1.54, 1.807) is 23.1 Å². The van der Waals surface area contributed by atoms with Crippen molar-refractivity contribution in [3.05, 3.63) is 59.6 Å². The molecule has 3 atom stereocenters. The van der Waals surface area contributed by atoms with Crippen molar-refractivity contribution in [2.45, 2.75) is 61.6 Å². The predicted octanol–water partition coefficient (Wildman–Crippen LogP) is 4.47. The van der Waals surface area contributed by atoms with E-state index in [9.17, 15) is 23.1 Å². The maximum Gasteiger partial charge on any atom is 0.348 e. The summed E-state index contributed by atoms with van der Waals surface area (Å²) in [6.07, 6.45) is 7.35. The molecule has 3 aliphatic heterocycles. The van der Waals surface area contributed by atoms with Gasteiger partial charge in [0.1, 0.15) is 15.6 Å². The third-order valence-corrected chi connectivity index (χ3v) is 12.2. The summed E-state index contributed by atoms with van der Waals surface area (Å²) in [5, 5.41) is 10.2. The van der Waals surface area contributed by atoms with Crippen molar-refractivity contribution in [1.82, 2.24) is 9.29 Å². The van der Waals surface area contributed by atoms with Crippen LogP contribution < -0.4 is 9.80 Å². The predicted molar refractivity (Wildman–Crippen MR) is 163 cm³/mol. The molecular weight excluding hydrogens is 588 g/mol. The number of hydrogen-bond donors (Lipinski definition) is 1. The molecule has 0 spiro atoms. The van der Waals surface area contributed by atoms with E-state index >= 15 is 0 Å². The van der Waals surface area contributed by atoms with Crippen LogP contribution in [0.15, 0.2) is 59.6 Å². The van der Waals surface area contributed by atoms with Gasteiger partial charge in [-0.05, 0) is 48.9 Å². The van der Waals surface area contributed by atoms with E-state index < -0.39 is 27.9 Å². The van der Waals surface area contributed by atoms with Gasteiger partial charge in [0.25, 0.3) is 0 Å². The first kappa shape index (κ1) is 28.5. The Morgan fingerprint density at radius 1 is 1.05 bits per heavy atom. The van der Waals surface area contributed by atoms with Crippen molar-refractivity contribution in [3.63, 3.8) is 0 Å². The number of carbonyl (C=O) groups excluding carboxylic acids is 1. The molecule has 3 unspecified atom stereocenters. The number of thiophene rings is 1. The third kappa shape index (κ3) is 5.24. The quantitative estimate of drug-likeness (QED) is 0.410. The fourth-order valence-corrected chi connectivity index (χ4v) is 9.47. The highest BCUT2D eigenvalue weighted by molar-refractivity contribution is 7.89. The fourth-order valence-electron chi connectivity index (χ4n) is 7.12. The largest absolute Gasteiger partial charge is 0.477 e. The molecule has 1 saturated carbocycles. The number of amides is 1. The van der Waals surface area contributed by atoms with Gasteiger partial charge in [0.15, 0.2) is 0 Å². The van der Waals surface area contributed by atoms with Crippen molar-refractivity contribution in [3.8, 4) is 10.4 Å². The lowest BCUT2D eigenvalue weighted by Gasteiger charge is -2.44. The molecule has 3 saturated heterocycles. The molecule has 12 heteroatoms. The molecule has 1 amide bonds. The number of morpholine rings is 1. The number of carboxylic acids is 1. The van der Waals surface area contributed by atoms with Crippen LogP contribution in [0.5, 0.6) is 0 Å². The number of rotatable bonds is 7. The highest BCUT2D eigenvalue weighted by atomic mass is 32.2. The van der Waals surface area contributed by atoms with Gasteiger partial charge in [-0.15, -0.1) is 11.3 Å². The van der Waals surface area contributed by atoms with Crippen LogP contribution in [-0.4, -0.2) is 79.1 Å². The van der Waals surface area contributed by atoms with Gasteiger partial charge < -0.3 is 19.6 Å². The van der Waals surface area contributed by atoms with Gasteiger partial charge in [-0.25, -0.2) is 18.2 Å². The SMILES string of the molecule is O=C(O)c1sc(-c2ccccc2)cc1N1C(=O)CN(S(=O)(=O)c2ccc(N3CC4CC3CO4)nc2)CC1C1CCCCC1. The van der Waals surface area contributed by atoms with Gasteiger partial charge in [0.05, 0.1) is 37.0 Å². The molecule has 5 heterocycles.